The van der Waals surface area contributed by atoms with E-state index in [1.54, 1.807) is 37.3 Å². The van der Waals surface area contributed by atoms with E-state index >= 15 is 0 Å². The predicted molar refractivity (Wildman–Crippen MR) is 306 cm³/mol. The van der Waals surface area contributed by atoms with Crippen molar-refractivity contribution < 1.29 is 62.0 Å². The van der Waals surface area contributed by atoms with Gasteiger partial charge in [-0.2, -0.15) is 0 Å². The molecule has 432 valence electrons. The molecule has 3 atom stereocenters. The van der Waals surface area contributed by atoms with E-state index in [2.05, 4.69) is 26.6 Å². The molecule has 5 aromatic rings. The molecule has 0 aliphatic heterocycles. The largest absolute Gasteiger partial charge is 0.496 e. The number of ether oxygens (including phenoxy) is 5. The zero-order valence-electron chi connectivity index (χ0n) is 46.9. The highest BCUT2D eigenvalue weighted by atomic mass is 16.6. The van der Waals surface area contributed by atoms with Crippen molar-refractivity contribution in [2.75, 3.05) is 33.9 Å². The van der Waals surface area contributed by atoms with E-state index in [1.807, 2.05) is 97.9 Å². The number of alkyl carbamates (subject to hydrolysis) is 3. The number of hydrogen-bond acceptors (Lipinski definition) is 13. The average Bonchev–Trinajstić information content (AvgIpc) is 3.56. The Labute approximate surface area is 474 Å². The summed E-state index contributed by atoms with van der Waals surface area (Å²) < 4.78 is 27.0. The van der Waals surface area contributed by atoms with E-state index in [4.69, 9.17) is 23.7 Å². The Morgan fingerprint density at radius 2 is 0.778 bits per heavy atom. The number of benzene rings is 5. The minimum Gasteiger partial charge on any atom is -0.496 e. The summed E-state index contributed by atoms with van der Waals surface area (Å²) in [5.41, 5.74) is 3.83. The minimum atomic E-state index is -1.04. The third-order valence-electron chi connectivity index (χ3n) is 13.4. The monoisotopic (exact) mass is 1110 g/mol. The summed E-state index contributed by atoms with van der Waals surface area (Å²) in [6.07, 6.45) is 2.67. The number of methoxy groups -OCH3 is 2. The van der Waals surface area contributed by atoms with Gasteiger partial charge in [0.05, 0.1) is 37.4 Å². The minimum absolute atomic E-state index is 0.0316. The van der Waals surface area contributed by atoms with Crippen molar-refractivity contribution in [1.29, 1.82) is 0 Å². The summed E-state index contributed by atoms with van der Waals surface area (Å²) in [6, 6.07) is 35.7. The second-order valence-corrected chi connectivity index (χ2v) is 19.6. The summed E-state index contributed by atoms with van der Waals surface area (Å²) in [6.45, 7) is 4.91. The lowest BCUT2D eigenvalue weighted by Gasteiger charge is -2.20. The third-order valence-corrected chi connectivity index (χ3v) is 13.4. The highest BCUT2D eigenvalue weighted by Crippen LogP contribution is 2.25. The quantitative estimate of drug-likeness (QED) is 0.0188. The molecule has 18 heteroatoms. The Bertz CT molecular complexity index is 2810. The van der Waals surface area contributed by atoms with E-state index < -0.39 is 42.2 Å². The first kappa shape index (κ1) is 63.3. The van der Waals surface area contributed by atoms with Crippen LogP contribution in [0.4, 0.5) is 14.4 Å². The van der Waals surface area contributed by atoms with Crippen molar-refractivity contribution in [1.82, 2.24) is 26.6 Å². The van der Waals surface area contributed by atoms with Crippen LogP contribution in [-0.2, 0) is 61.3 Å². The molecule has 0 fully saturated rings. The maximum absolute atomic E-state index is 14.4. The van der Waals surface area contributed by atoms with Gasteiger partial charge in [-0.1, -0.05) is 123 Å². The molecule has 81 heavy (non-hydrogen) atoms. The van der Waals surface area contributed by atoms with Crippen molar-refractivity contribution in [2.45, 2.75) is 123 Å². The first-order chi connectivity index (χ1) is 39.3. The van der Waals surface area contributed by atoms with Crippen molar-refractivity contribution in [3.63, 3.8) is 0 Å². The lowest BCUT2D eigenvalue weighted by Crippen LogP contribution is -2.42. The average molecular weight is 1110 g/mol. The molecule has 5 rings (SSSR count). The second-order valence-electron chi connectivity index (χ2n) is 19.6. The highest BCUT2D eigenvalue weighted by Gasteiger charge is 2.27. The van der Waals surface area contributed by atoms with Crippen LogP contribution in [0.15, 0.2) is 127 Å². The molecular weight excluding hydrogens is 1030 g/mol. The van der Waals surface area contributed by atoms with E-state index in [1.165, 1.54) is 20.3 Å². The third kappa shape index (κ3) is 23.0. The molecule has 0 aliphatic carbocycles. The van der Waals surface area contributed by atoms with E-state index in [9.17, 15) is 38.4 Å². The van der Waals surface area contributed by atoms with E-state index in [-0.39, 0.29) is 97.9 Å². The number of hydrogen-bond donors (Lipinski definition) is 5. The topological polar surface area (TPSA) is 243 Å². The molecule has 0 aromatic heterocycles. The number of amides is 5. The molecule has 0 bridgehead atoms. The molecule has 0 spiro atoms. The molecule has 0 saturated carbocycles. The molecular formula is C63H77N5O13. The standard InChI is InChI=1S/C63H77N5O13/c1-5-54(69)52(28-16-19-35-65-62(75)80-42-46-24-11-7-12-25-46)67-59(72)51-38-49(31-33-58(51)78-4)40-56(71)53(29-17-20-36-66-63(76)81-43-47-26-13-8-14-27-47)68-60(73)50-37-48(30-32-57(50)77-3)39-55(70)44(2)21-15-18-34-64-61(74)79-41-45-22-9-6-10-23-45/h6-14,22-27,30-33,37-38,44,52-53H,5,15-21,28-29,34-36,39-43H2,1-4H3,(H,64,74)(H,65,75)(H,66,76)(H,67,72)(H,68,73)/t44-,52-,53-/m0/s1. The summed E-state index contributed by atoms with van der Waals surface area (Å²) in [5, 5.41) is 14.0. The molecule has 0 radical (unpaired) electrons. The lowest BCUT2D eigenvalue weighted by atomic mass is 9.93. The molecule has 0 heterocycles. The van der Waals surface area contributed by atoms with Gasteiger partial charge in [-0.15, -0.1) is 0 Å². The molecule has 0 unspecified atom stereocenters. The summed E-state index contributed by atoms with van der Waals surface area (Å²) in [5.74, 6) is -1.62. The Balaban J connectivity index is 1.20. The van der Waals surface area contributed by atoms with Crippen molar-refractivity contribution in [3.8, 4) is 11.5 Å². The SMILES string of the molecule is CCC(=O)[C@H](CCCCNC(=O)OCc1ccccc1)NC(=O)c1cc(CC(=O)[C@H](CCCCNC(=O)OCc2ccccc2)NC(=O)c2cc(CC(=O)[C@@H](C)CCCCNC(=O)OCc3ccccc3)ccc2OC)ccc1OC. The Hall–Kier alpha value is -8.54. The van der Waals surface area contributed by atoms with Crippen LogP contribution in [0.2, 0.25) is 0 Å². The predicted octanol–water partition coefficient (Wildman–Crippen LogP) is 9.73. The van der Waals surface area contributed by atoms with Crippen molar-refractivity contribution in [3.05, 3.63) is 166 Å². The van der Waals surface area contributed by atoms with Gasteiger partial charge < -0.3 is 50.3 Å². The van der Waals surface area contributed by atoms with Crippen molar-refractivity contribution >= 4 is 47.4 Å². The lowest BCUT2D eigenvalue weighted by molar-refractivity contribution is -0.122. The van der Waals surface area contributed by atoms with Crippen molar-refractivity contribution in [2.24, 2.45) is 5.92 Å². The zero-order chi connectivity index (χ0) is 58.2. The highest BCUT2D eigenvalue weighted by molar-refractivity contribution is 6.02. The normalized spacial score (nSPS) is 11.9. The Kier molecular flexibility index (Phi) is 27.5. The second kappa shape index (κ2) is 35.2. The number of ketones is 3. The van der Waals surface area contributed by atoms with E-state index in [0.717, 1.165) is 16.7 Å². The first-order valence-corrected chi connectivity index (χ1v) is 27.6. The van der Waals surface area contributed by atoms with Crippen LogP contribution < -0.4 is 36.1 Å². The molecule has 0 aliphatic rings. The van der Waals surface area contributed by atoms with Gasteiger partial charge in [0.25, 0.3) is 11.8 Å². The van der Waals surface area contributed by atoms with Gasteiger partial charge >= 0.3 is 18.3 Å². The first-order valence-electron chi connectivity index (χ1n) is 27.6. The van der Waals surface area contributed by atoms with Crippen LogP contribution in [-0.4, -0.2) is 93.4 Å². The number of carbonyl (C=O) groups excluding carboxylic acids is 8. The summed E-state index contributed by atoms with van der Waals surface area (Å²) >= 11 is 0. The van der Waals surface area contributed by atoms with Gasteiger partial charge in [0, 0.05) is 44.8 Å². The fraction of sp³-hybridized carbons (Fsp3) is 0.397. The molecule has 5 aromatic carbocycles. The van der Waals surface area contributed by atoms with Crippen LogP contribution in [0, 0.1) is 5.92 Å². The van der Waals surface area contributed by atoms with E-state index in [0.29, 0.717) is 75.6 Å². The molecule has 5 amide bonds. The van der Waals surface area contributed by atoms with Crippen LogP contribution in [0.3, 0.4) is 0 Å². The number of unbranched alkanes of at least 4 members (excludes halogenated alkanes) is 3. The number of rotatable bonds is 35. The van der Waals surface area contributed by atoms with Crippen LogP contribution in [0.25, 0.3) is 0 Å². The summed E-state index contributed by atoms with van der Waals surface area (Å²) in [4.78, 5) is 106. The maximum Gasteiger partial charge on any atom is 0.407 e. The fourth-order valence-electron chi connectivity index (χ4n) is 8.71. The van der Waals surface area contributed by atoms with Crippen LogP contribution in [0.1, 0.15) is 127 Å². The van der Waals surface area contributed by atoms with Gasteiger partial charge in [0.15, 0.2) is 11.6 Å². The molecule has 5 N–H and O–H groups in total. The number of carbonyl (C=O) groups is 8. The fourth-order valence-corrected chi connectivity index (χ4v) is 8.71. The van der Waals surface area contributed by atoms with Crippen LogP contribution in [0.5, 0.6) is 11.5 Å². The zero-order valence-corrected chi connectivity index (χ0v) is 46.9. The van der Waals surface area contributed by atoms with Crippen LogP contribution >= 0.6 is 0 Å². The Morgan fingerprint density at radius 1 is 0.420 bits per heavy atom. The van der Waals surface area contributed by atoms with Gasteiger partial charge in [-0.25, -0.2) is 14.4 Å². The van der Waals surface area contributed by atoms with Gasteiger partial charge in [-0.3, -0.25) is 24.0 Å². The van der Waals surface area contributed by atoms with Gasteiger partial charge in [-0.05, 0) is 103 Å². The smallest absolute Gasteiger partial charge is 0.407 e. The number of Topliss-reactive ketones (excluding diaryl/α,β-unsaturated/α-hetero) is 3. The van der Waals surface area contributed by atoms with Gasteiger partial charge in [0.1, 0.15) is 37.1 Å². The summed E-state index contributed by atoms with van der Waals surface area (Å²) in [7, 11) is 2.82. The molecule has 18 nitrogen and oxygen atoms in total. The maximum atomic E-state index is 14.4. The molecule has 0 saturated heterocycles. The van der Waals surface area contributed by atoms with Gasteiger partial charge in [0.2, 0.25) is 0 Å². The Morgan fingerprint density at radius 3 is 1.15 bits per heavy atom. The number of nitrogens with one attached hydrogen (secondary N) is 5.